The van der Waals surface area contributed by atoms with Crippen molar-refractivity contribution in [3.05, 3.63) is 101 Å². The SMILES string of the molecule is Cc1ccccc1N=[P@]1(N2CCN(C)CC2)/C(=C2/N(C)c3ccccc3C2(C)C)C=NN1c1ccccc1. The van der Waals surface area contributed by atoms with Crippen LogP contribution in [-0.4, -0.2) is 56.1 Å². The van der Waals surface area contributed by atoms with Crippen LogP contribution in [0.3, 0.4) is 0 Å². The van der Waals surface area contributed by atoms with Gasteiger partial charge in [-0.3, -0.25) is 0 Å². The Labute approximate surface area is 227 Å². The summed E-state index contributed by atoms with van der Waals surface area (Å²) in [6.07, 6.45) is 2.13. The second-order valence-corrected chi connectivity index (χ2v) is 13.8. The maximum Gasteiger partial charge on any atom is 0.179 e. The zero-order valence-electron chi connectivity index (χ0n) is 23.0. The molecule has 0 spiro atoms. The van der Waals surface area contributed by atoms with Gasteiger partial charge in [0.15, 0.2) is 7.36 Å². The number of hydrazone groups is 1. The van der Waals surface area contributed by atoms with Gasteiger partial charge in [-0.05, 0) is 49.4 Å². The fourth-order valence-corrected chi connectivity index (χ4v) is 10.0. The number of hydrogen-bond acceptors (Lipinski definition) is 4. The van der Waals surface area contributed by atoms with Gasteiger partial charge in [0.25, 0.3) is 0 Å². The van der Waals surface area contributed by atoms with E-state index in [1.807, 2.05) is 0 Å². The molecule has 3 aliphatic rings. The number of para-hydroxylation sites is 2. The van der Waals surface area contributed by atoms with Crippen molar-refractivity contribution in [1.29, 1.82) is 0 Å². The molecule has 0 amide bonds. The molecule has 0 unspecified atom stereocenters. The minimum Gasteiger partial charge on any atom is -0.346 e. The van der Waals surface area contributed by atoms with E-state index in [1.165, 1.54) is 27.8 Å². The minimum atomic E-state index is -2.55. The lowest BCUT2D eigenvalue weighted by Crippen LogP contribution is -2.44. The molecule has 1 saturated heterocycles. The van der Waals surface area contributed by atoms with E-state index in [4.69, 9.17) is 9.85 Å². The Bertz CT molecular complexity index is 1470. The van der Waals surface area contributed by atoms with Crippen LogP contribution in [-0.2, 0) is 5.41 Å². The van der Waals surface area contributed by atoms with Crippen molar-refractivity contribution >= 4 is 30.6 Å². The van der Waals surface area contributed by atoms with Crippen LogP contribution < -0.4 is 9.68 Å². The van der Waals surface area contributed by atoms with Crippen LogP contribution in [0.25, 0.3) is 0 Å². The summed E-state index contributed by atoms with van der Waals surface area (Å²) < 4.78 is 10.7. The Morgan fingerprint density at radius 3 is 2.18 bits per heavy atom. The number of hydrogen-bond donors (Lipinski definition) is 0. The Hall–Kier alpha value is -3.18. The fraction of sp³-hybridized carbons (Fsp3) is 0.323. The van der Waals surface area contributed by atoms with Crippen molar-refractivity contribution < 1.29 is 0 Å². The third-order valence-electron chi connectivity index (χ3n) is 8.21. The van der Waals surface area contributed by atoms with Crippen molar-refractivity contribution in [1.82, 2.24) is 9.57 Å². The van der Waals surface area contributed by atoms with Crippen molar-refractivity contribution in [2.75, 3.05) is 50.0 Å². The number of anilines is 2. The summed E-state index contributed by atoms with van der Waals surface area (Å²) >= 11 is 0. The summed E-state index contributed by atoms with van der Waals surface area (Å²) in [5.74, 6) is 0. The number of aryl methyl sites for hydroxylation is 1. The Balaban J connectivity index is 1.69. The molecule has 0 N–H and O–H groups in total. The largest absolute Gasteiger partial charge is 0.346 e. The van der Waals surface area contributed by atoms with Crippen molar-refractivity contribution in [2.45, 2.75) is 26.2 Å². The first-order chi connectivity index (χ1) is 18.3. The molecule has 0 aromatic heterocycles. The van der Waals surface area contributed by atoms with E-state index in [2.05, 4.69) is 139 Å². The molecule has 3 heterocycles. The molecule has 0 bridgehead atoms. The first kappa shape index (κ1) is 25.1. The maximum absolute atomic E-state index is 5.82. The highest BCUT2D eigenvalue weighted by molar-refractivity contribution is 7.71. The third-order valence-corrected chi connectivity index (χ3v) is 11.7. The number of nitrogens with zero attached hydrogens (tertiary/aromatic N) is 6. The van der Waals surface area contributed by atoms with E-state index >= 15 is 0 Å². The van der Waals surface area contributed by atoms with Crippen LogP contribution in [0.15, 0.2) is 99.7 Å². The molecule has 1 fully saturated rings. The second kappa shape index (κ2) is 9.53. The van der Waals surface area contributed by atoms with Crippen LogP contribution in [0.2, 0.25) is 0 Å². The summed E-state index contributed by atoms with van der Waals surface area (Å²) in [7, 11) is 1.87. The highest BCUT2D eigenvalue weighted by Crippen LogP contribution is 2.70. The van der Waals surface area contributed by atoms with Gasteiger partial charge in [0.1, 0.15) is 0 Å². The average Bonchev–Trinajstić information content (AvgIpc) is 3.38. The quantitative estimate of drug-likeness (QED) is 0.344. The minimum absolute atomic E-state index is 0.182. The molecule has 0 radical (unpaired) electrons. The zero-order valence-corrected chi connectivity index (χ0v) is 23.9. The Kier molecular flexibility index (Phi) is 6.30. The average molecular weight is 525 g/mol. The first-order valence-electron chi connectivity index (χ1n) is 13.4. The van der Waals surface area contributed by atoms with Gasteiger partial charge < -0.3 is 9.80 Å². The molecular weight excluding hydrogens is 487 g/mol. The molecule has 3 aromatic carbocycles. The summed E-state index contributed by atoms with van der Waals surface area (Å²) in [4.78, 5) is 4.81. The first-order valence-corrected chi connectivity index (χ1v) is 15.1. The van der Waals surface area contributed by atoms with E-state index in [9.17, 15) is 0 Å². The van der Waals surface area contributed by atoms with E-state index in [0.717, 1.165) is 37.6 Å². The molecule has 3 aromatic rings. The molecule has 196 valence electrons. The molecular formula is C31H37N6P. The van der Waals surface area contributed by atoms with E-state index < -0.39 is 7.36 Å². The number of fused-ring (bicyclic) bond motifs is 1. The highest BCUT2D eigenvalue weighted by Gasteiger charge is 2.50. The number of allylic oxidation sites excluding steroid dienone is 2. The molecule has 1 atom stereocenters. The van der Waals surface area contributed by atoms with Gasteiger partial charge in [-0.1, -0.05) is 68.4 Å². The molecule has 0 saturated carbocycles. The number of likely N-dealkylation sites (N-methyl/N-ethyl adjacent to an activating group) is 2. The van der Waals surface area contributed by atoms with Crippen molar-refractivity contribution in [2.24, 2.45) is 9.85 Å². The zero-order chi connectivity index (χ0) is 26.5. The summed E-state index contributed by atoms with van der Waals surface area (Å²) in [5.41, 5.74) is 7.04. The Morgan fingerprint density at radius 1 is 0.816 bits per heavy atom. The topological polar surface area (TPSA) is 37.7 Å². The van der Waals surface area contributed by atoms with Crippen LogP contribution in [0.4, 0.5) is 17.1 Å². The van der Waals surface area contributed by atoms with Gasteiger partial charge in [-0.15, -0.1) is 0 Å². The summed E-state index contributed by atoms with van der Waals surface area (Å²) in [6.45, 7) is 10.8. The van der Waals surface area contributed by atoms with Crippen LogP contribution in [0, 0.1) is 6.92 Å². The number of benzene rings is 3. The summed E-state index contributed by atoms with van der Waals surface area (Å²) in [5, 5.41) is 6.44. The normalized spacial score (nSPS) is 25.2. The van der Waals surface area contributed by atoms with Crippen LogP contribution in [0.5, 0.6) is 0 Å². The summed E-state index contributed by atoms with van der Waals surface area (Å²) in [6, 6.07) is 27.9. The van der Waals surface area contributed by atoms with Crippen molar-refractivity contribution in [3.8, 4) is 0 Å². The van der Waals surface area contributed by atoms with Crippen molar-refractivity contribution in [3.63, 3.8) is 0 Å². The van der Waals surface area contributed by atoms with Crippen LogP contribution in [0.1, 0.15) is 25.0 Å². The van der Waals surface area contributed by atoms with Gasteiger partial charge in [0.05, 0.1) is 22.9 Å². The lowest BCUT2D eigenvalue weighted by Gasteiger charge is -2.44. The molecule has 3 aliphatic heterocycles. The third kappa shape index (κ3) is 3.86. The van der Waals surface area contributed by atoms with Gasteiger partial charge >= 0.3 is 0 Å². The number of piperazine rings is 1. The molecule has 7 heteroatoms. The number of rotatable bonds is 3. The lowest BCUT2D eigenvalue weighted by atomic mass is 9.84. The monoisotopic (exact) mass is 524 g/mol. The van der Waals surface area contributed by atoms with Crippen LogP contribution >= 0.6 is 7.36 Å². The predicted molar refractivity (Wildman–Crippen MR) is 162 cm³/mol. The highest BCUT2D eigenvalue weighted by atomic mass is 31.2. The predicted octanol–water partition coefficient (Wildman–Crippen LogP) is 7.05. The molecule has 6 rings (SSSR count). The fourth-order valence-electron chi connectivity index (χ4n) is 6.14. The molecule has 0 aliphatic carbocycles. The maximum atomic E-state index is 5.82. The van der Waals surface area contributed by atoms with E-state index in [-0.39, 0.29) is 5.41 Å². The standard InChI is InChI=1S/C31H37N6P/c1-24-13-9-11-17-27(24)33-38(36-21-19-34(4)20-22-36)29(23-32-37(38)25-14-7-6-8-15-25)30-31(2,3)26-16-10-12-18-28(26)35(30)5/h6-18,23H,19-22H2,1-5H3/b30-29+/t38-/m0/s1. The Morgan fingerprint density at radius 2 is 1.47 bits per heavy atom. The molecule has 38 heavy (non-hydrogen) atoms. The second-order valence-electron chi connectivity index (χ2n) is 11.0. The van der Waals surface area contributed by atoms with E-state index in [1.54, 1.807) is 0 Å². The lowest BCUT2D eigenvalue weighted by molar-refractivity contribution is 0.227. The van der Waals surface area contributed by atoms with Gasteiger partial charge in [-0.25, -0.2) is 14.2 Å². The van der Waals surface area contributed by atoms with Gasteiger partial charge in [0.2, 0.25) is 0 Å². The van der Waals surface area contributed by atoms with Gasteiger partial charge in [-0.2, -0.15) is 5.10 Å². The molecule has 6 nitrogen and oxygen atoms in total. The van der Waals surface area contributed by atoms with Gasteiger partial charge in [0, 0.05) is 50.0 Å². The smallest absolute Gasteiger partial charge is 0.179 e. The van der Waals surface area contributed by atoms with E-state index in [0.29, 0.717) is 0 Å².